The fourth-order valence-electron chi connectivity index (χ4n) is 3.33. The van der Waals surface area contributed by atoms with Crippen LogP contribution in [0.15, 0.2) is 34.3 Å². The number of nitrogens with zero attached hydrogens (tertiary/aromatic N) is 4. The molecule has 4 heterocycles. The quantitative estimate of drug-likeness (QED) is 0.0992. The Balaban J connectivity index is 0.00000361. The fourth-order valence-corrected chi connectivity index (χ4v) is 5.20. The number of thiazole rings is 1. The number of fused-ring (bicyclic) bond motifs is 1. The summed E-state index contributed by atoms with van der Waals surface area (Å²) in [7, 11) is 0. The number of aromatic amines is 1. The van der Waals surface area contributed by atoms with E-state index in [0.717, 1.165) is 16.2 Å². The van der Waals surface area contributed by atoms with E-state index in [4.69, 9.17) is 15.3 Å². The van der Waals surface area contributed by atoms with Crippen molar-refractivity contribution >= 4 is 87.3 Å². The molecule has 4 rings (SSSR count). The Morgan fingerprint density at radius 2 is 2.17 bits per heavy atom. The number of hydrogen-bond acceptors (Lipinski definition) is 12. The number of anilines is 1. The third-order valence-corrected chi connectivity index (χ3v) is 6.90. The zero-order valence-corrected chi connectivity index (χ0v) is 19.7. The van der Waals surface area contributed by atoms with Crippen molar-refractivity contribution in [3.63, 3.8) is 0 Å². The number of nitrogens with two attached hydrogens (primary N) is 1. The van der Waals surface area contributed by atoms with Crippen LogP contribution in [-0.4, -0.2) is 108 Å². The van der Waals surface area contributed by atoms with Gasteiger partial charge in [0.05, 0.1) is 12.0 Å². The van der Waals surface area contributed by atoms with Crippen molar-refractivity contribution in [2.75, 3.05) is 18.1 Å². The summed E-state index contributed by atoms with van der Waals surface area (Å²) in [5.41, 5.74) is 6.21. The van der Waals surface area contributed by atoms with E-state index in [-0.39, 0.29) is 70.8 Å². The van der Waals surface area contributed by atoms with Crippen LogP contribution in [0.3, 0.4) is 0 Å². The first-order valence-electron chi connectivity index (χ1n) is 9.99. The van der Waals surface area contributed by atoms with Gasteiger partial charge in [-0.25, -0.2) is 14.8 Å². The Labute approximate surface area is 234 Å². The molecule has 0 bridgehead atoms. The van der Waals surface area contributed by atoms with Crippen LogP contribution in [0.1, 0.15) is 18.3 Å². The number of rotatable bonds is 9. The van der Waals surface area contributed by atoms with Crippen LogP contribution in [0.5, 0.6) is 0 Å². The van der Waals surface area contributed by atoms with Gasteiger partial charge in [-0.15, -0.1) is 23.1 Å². The van der Waals surface area contributed by atoms with Crippen molar-refractivity contribution in [2.24, 2.45) is 5.16 Å². The van der Waals surface area contributed by atoms with Crippen molar-refractivity contribution in [3.8, 4) is 0 Å². The molecule has 186 valence electrons. The number of ether oxygens (including phenoxy) is 1. The van der Waals surface area contributed by atoms with E-state index in [9.17, 15) is 24.3 Å². The molecule has 1 saturated heterocycles. The van der Waals surface area contributed by atoms with Gasteiger partial charge < -0.3 is 30.7 Å². The first-order chi connectivity index (χ1) is 16.8. The van der Waals surface area contributed by atoms with Gasteiger partial charge >= 0.3 is 41.5 Å². The fraction of sp³-hybridized carbons (Fsp3) is 0.316. The van der Waals surface area contributed by atoms with E-state index in [1.165, 1.54) is 30.4 Å². The average molecular weight is 546 g/mol. The summed E-state index contributed by atoms with van der Waals surface area (Å²) < 4.78 is 4.91. The molecule has 2 aromatic heterocycles. The van der Waals surface area contributed by atoms with E-state index >= 15 is 0 Å². The van der Waals surface area contributed by atoms with Crippen LogP contribution in [0, 0.1) is 0 Å². The molecule has 2 aliphatic rings. The molecule has 2 aliphatic heterocycles. The minimum absolute atomic E-state index is 0. The number of carboxylic acid groups (broad SMARTS) is 1. The van der Waals surface area contributed by atoms with Crippen LogP contribution in [0.25, 0.3) is 0 Å². The molecule has 0 spiro atoms. The molecule has 0 aliphatic carbocycles. The number of thioether (sulfide) groups is 1. The van der Waals surface area contributed by atoms with Gasteiger partial charge in [0, 0.05) is 29.8 Å². The van der Waals surface area contributed by atoms with Crippen molar-refractivity contribution in [3.05, 3.63) is 40.6 Å². The zero-order valence-electron chi connectivity index (χ0n) is 18.1. The number of carboxylic acids is 1. The second kappa shape index (κ2) is 11.9. The van der Waals surface area contributed by atoms with E-state index in [1.807, 2.05) is 0 Å². The summed E-state index contributed by atoms with van der Waals surface area (Å²) in [5.74, 6) is -3.07. The molecule has 2 atom stereocenters. The number of β-lactam (4-membered cyclic amide) rings is 1. The Hall–Kier alpha value is -2.92. The monoisotopic (exact) mass is 545 g/mol. The zero-order chi connectivity index (χ0) is 25.1. The first-order valence-corrected chi connectivity index (χ1v) is 11.9. The summed E-state index contributed by atoms with van der Waals surface area (Å²) in [6.07, 6.45) is 3.06. The van der Waals surface area contributed by atoms with Gasteiger partial charge in [0.15, 0.2) is 17.5 Å². The Kier molecular flexibility index (Phi) is 9.13. The summed E-state index contributed by atoms with van der Waals surface area (Å²) in [5, 5.41) is 17.2. The number of hydrogen-bond donors (Lipinski definition) is 4. The molecule has 36 heavy (non-hydrogen) atoms. The molecule has 2 aromatic rings. The van der Waals surface area contributed by atoms with Gasteiger partial charge in [0.25, 0.3) is 11.8 Å². The van der Waals surface area contributed by atoms with E-state index in [0.29, 0.717) is 11.3 Å². The number of nitrogen functional groups attached to an aromatic ring is 1. The van der Waals surface area contributed by atoms with Gasteiger partial charge in [-0.05, 0) is 0 Å². The molecule has 1 fully saturated rings. The van der Waals surface area contributed by atoms with Crippen molar-refractivity contribution in [2.45, 2.75) is 24.9 Å². The molecule has 0 radical (unpaired) electrons. The third-order valence-electron chi connectivity index (χ3n) is 4.89. The van der Waals surface area contributed by atoms with Crippen LogP contribution in [0.2, 0.25) is 0 Å². The maximum absolute atomic E-state index is 13.0. The SMILES string of the molecule is CC(=O)OCC1=C(C(=O)O)N2C(=O)[C@@H](NC(=O)/C(=N\OCc3c[nH]cn3)c3csc(N)n3)[C@H]2SC1.[NaH]. The number of nitrogens with one attached hydrogen (secondary N) is 2. The van der Waals surface area contributed by atoms with Crippen molar-refractivity contribution < 1.29 is 33.9 Å². The Morgan fingerprint density at radius 3 is 2.78 bits per heavy atom. The molecule has 14 nitrogen and oxygen atoms in total. The summed E-state index contributed by atoms with van der Waals surface area (Å²) in [4.78, 5) is 66.0. The van der Waals surface area contributed by atoms with Crippen LogP contribution in [0.4, 0.5) is 5.13 Å². The summed E-state index contributed by atoms with van der Waals surface area (Å²) >= 11 is 2.33. The Bertz CT molecular complexity index is 1230. The molecule has 5 N–H and O–H groups in total. The standard InChI is InChI=1S/C19H19N7O7S2.Na.H/c1-8(27)32-3-9-5-34-17-13(16(29)26(17)14(9)18(30)31)24-15(28)12(11-6-35-19(20)23-11)25-33-4-10-2-21-7-22-10;;/h2,6-7,13,17H,3-5H2,1H3,(H2,20,23)(H,21,22)(H,24,28)(H,30,31);;/b25-12-;;/t13-,17-;;/m1../s1. The number of aromatic nitrogens is 3. The summed E-state index contributed by atoms with van der Waals surface area (Å²) in [6, 6.07) is -1.01. The number of oxime groups is 1. The van der Waals surface area contributed by atoms with Crippen LogP contribution >= 0.6 is 23.1 Å². The van der Waals surface area contributed by atoms with Gasteiger partial charge in [0.2, 0.25) is 0 Å². The van der Waals surface area contributed by atoms with E-state index in [2.05, 4.69) is 25.4 Å². The van der Waals surface area contributed by atoms with Crippen molar-refractivity contribution in [1.29, 1.82) is 0 Å². The number of aliphatic carboxylic acids is 1. The topological polar surface area (TPSA) is 202 Å². The van der Waals surface area contributed by atoms with Gasteiger partial charge in [-0.2, -0.15) is 0 Å². The average Bonchev–Trinajstić information content (AvgIpc) is 3.49. The normalized spacial score (nSPS) is 19.1. The number of H-pyrrole nitrogens is 1. The number of carbonyl (C=O) groups excluding carboxylic acids is 3. The molecule has 0 aromatic carbocycles. The minimum atomic E-state index is -1.33. The Morgan fingerprint density at radius 1 is 1.39 bits per heavy atom. The first kappa shape index (κ1) is 27.7. The van der Waals surface area contributed by atoms with E-state index in [1.54, 1.807) is 6.20 Å². The predicted molar refractivity (Wildman–Crippen MR) is 130 cm³/mol. The number of imidazole rings is 1. The van der Waals surface area contributed by atoms with Crippen molar-refractivity contribution in [1.82, 2.24) is 25.2 Å². The predicted octanol–water partition coefficient (Wildman–Crippen LogP) is -0.977. The number of carbonyl (C=O) groups is 4. The van der Waals surface area contributed by atoms with Gasteiger partial charge in [-0.3, -0.25) is 19.3 Å². The maximum atomic E-state index is 13.0. The second-order valence-corrected chi connectivity index (χ2v) is 9.24. The number of amides is 2. The molecule has 0 unspecified atom stereocenters. The molecular weight excluding hydrogens is 525 g/mol. The molecule has 0 saturated carbocycles. The van der Waals surface area contributed by atoms with E-state index < -0.39 is 35.2 Å². The summed E-state index contributed by atoms with van der Waals surface area (Å²) in [6.45, 7) is 0.938. The number of esters is 1. The van der Waals surface area contributed by atoms with Gasteiger partial charge in [-0.1, -0.05) is 5.16 Å². The second-order valence-electron chi connectivity index (χ2n) is 7.24. The van der Waals surface area contributed by atoms with Crippen LogP contribution in [-0.2, 0) is 35.4 Å². The molecular formula is C19H20N7NaO7S2. The van der Waals surface area contributed by atoms with Gasteiger partial charge in [0.1, 0.15) is 29.4 Å². The third kappa shape index (κ3) is 5.89. The molecule has 2 amide bonds. The van der Waals surface area contributed by atoms with Crippen LogP contribution < -0.4 is 11.1 Å². The molecule has 17 heteroatoms.